The first kappa shape index (κ1) is 14.8. The fourth-order valence-electron chi connectivity index (χ4n) is 2.01. The maximum Gasteiger partial charge on any atom is 0.214 e. The molecular formula is C15H23N3O2. The summed E-state index contributed by atoms with van der Waals surface area (Å²) in [6, 6.07) is 0. The van der Waals surface area contributed by atoms with Gasteiger partial charge in [-0.1, -0.05) is 20.8 Å². The number of hydrogen-bond donors (Lipinski definition) is 0. The van der Waals surface area contributed by atoms with Gasteiger partial charge in [-0.2, -0.15) is 0 Å². The van der Waals surface area contributed by atoms with Gasteiger partial charge in [-0.15, -0.1) is 0 Å². The van der Waals surface area contributed by atoms with Gasteiger partial charge in [0.25, 0.3) is 0 Å². The maximum absolute atomic E-state index is 5.82. The van der Waals surface area contributed by atoms with Gasteiger partial charge in [-0.05, 0) is 13.8 Å². The standard InChI is InChI=1S/C15H23N3O2/c1-6-19-11(2)14-16-7-8-18(14)10-13-17-9-12(20-13)15(3,4)5/h7-9,11H,6,10H2,1-5H3. The number of imidazole rings is 1. The summed E-state index contributed by atoms with van der Waals surface area (Å²) in [4.78, 5) is 8.70. The Balaban J connectivity index is 2.15. The molecule has 0 saturated heterocycles. The van der Waals surface area contributed by atoms with Gasteiger partial charge in [0.05, 0.1) is 6.20 Å². The van der Waals surface area contributed by atoms with E-state index >= 15 is 0 Å². The molecule has 0 saturated carbocycles. The van der Waals surface area contributed by atoms with Crippen LogP contribution in [0.25, 0.3) is 0 Å². The second-order valence-corrected chi connectivity index (χ2v) is 5.88. The fourth-order valence-corrected chi connectivity index (χ4v) is 2.01. The van der Waals surface area contributed by atoms with Gasteiger partial charge >= 0.3 is 0 Å². The van der Waals surface area contributed by atoms with Gasteiger partial charge in [-0.25, -0.2) is 9.97 Å². The van der Waals surface area contributed by atoms with Crippen molar-refractivity contribution in [1.29, 1.82) is 0 Å². The van der Waals surface area contributed by atoms with Crippen LogP contribution in [0.15, 0.2) is 23.0 Å². The van der Waals surface area contributed by atoms with Gasteiger partial charge < -0.3 is 13.7 Å². The molecule has 0 N–H and O–H groups in total. The lowest BCUT2D eigenvalue weighted by Crippen LogP contribution is -2.11. The van der Waals surface area contributed by atoms with E-state index in [0.717, 1.165) is 11.6 Å². The molecule has 0 bridgehead atoms. The minimum Gasteiger partial charge on any atom is -0.443 e. The molecule has 2 aromatic rings. The Bertz CT molecular complexity index is 551. The molecule has 0 amide bonds. The van der Waals surface area contributed by atoms with Crippen molar-refractivity contribution in [2.24, 2.45) is 0 Å². The third kappa shape index (κ3) is 3.28. The van der Waals surface area contributed by atoms with E-state index in [-0.39, 0.29) is 11.5 Å². The Hall–Kier alpha value is -1.62. The molecule has 2 rings (SSSR count). The van der Waals surface area contributed by atoms with Crippen LogP contribution in [0.3, 0.4) is 0 Å². The summed E-state index contributed by atoms with van der Waals surface area (Å²) >= 11 is 0. The molecule has 0 aromatic carbocycles. The number of rotatable bonds is 5. The van der Waals surface area contributed by atoms with Crippen LogP contribution in [0.5, 0.6) is 0 Å². The van der Waals surface area contributed by atoms with Gasteiger partial charge in [0, 0.05) is 24.4 Å². The zero-order valence-electron chi connectivity index (χ0n) is 12.9. The van der Waals surface area contributed by atoms with Crippen LogP contribution >= 0.6 is 0 Å². The smallest absolute Gasteiger partial charge is 0.214 e. The largest absolute Gasteiger partial charge is 0.443 e. The molecule has 1 atom stereocenters. The lowest BCUT2D eigenvalue weighted by molar-refractivity contribution is 0.0675. The molecule has 20 heavy (non-hydrogen) atoms. The third-order valence-corrected chi connectivity index (χ3v) is 3.13. The first-order chi connectivity index (χ1) is 9.41. The van der Waals surface area contributed by atoms with E-state index in [0.29, 0.717) is 19.0 Å². The summed E-state index contributed by atoms with van der Waals surface area (Å²) in [5.74, 6) is 2.48. The van der Waals surface area contributed by atoms with Crippen LogP contribution in [0, 0.1) is 0 Å². The Labute approximate surface area is 120 Å². The van der Waals surface area contributed by atoms with Crippen LogP contribution in [0.2, 0.25) is 0 Å². The van der Waals surface area contributed by atoms with Crippen molar-refractivity contribution in [3.05, 3.63) is 36.1 Å². The lowest BCUT2D eigenvalue weighted by atomic mass is 9.94. The van der Waals surface area contributed by atoms with Crippen LogP contribution < -0.4 is 0 Å². The number of hydrogen-bond acceptors (Lipinski definition) is 4. The molecule has 2 heterocycles. The molecule has 5 heteroatoms. The van der Waals surface area contributed by atoms with E-state index in [1.807, 2.05) is 24.6 Å². The summed E-state index contributed by atoms with van der Waals surface area (Å²) in [5.41, 5.74) is -0.0262. The Morgan fingerprint density at radius 1 is 1.35 bits per heavy atom. The quantitative estimate of drug-likeness (QED) is 0.841. The van der Waals surface area contributed by atoms with Crippen molar-refractivity contribution < 1.29 is 9.15 Å². The SMILES string of the molecule is CCOC(C)c1nccn1Cc1ncc(C(C)(C)C)o1. The van der Waals surface area contributed by atoms with E-state index in [1.54, 1.807) is 12.4 Å². The second kappa shape index (κ2) is 5.79. The normalized spacial score (nSPS) is 13.7. The zero-order valence-corrected chi connectivity index (χ0v) is 12.9. The van der Waals surface area contributed by atoms with Crippen molar-refractivity contribution in [2.45, 2.75) is 52.7 Å². The highest BCUT2D eigenvalue weighted by Gasteiger charge is 2.20. The predicted octanol–water partition coefficient (Wildman–Crippen LogP) is 3.31. The molecule has 110 valence electrons. The number of nitrogens with zero attached hydrogens (tertiary/aromatic N) is 3. The molecule has 0 radical (unpaired) electrons. The monoisotopic (exact) mass is 277 g/mol. The van der Waals surface area contributed by atoms with Gasteiger partial charge in [-0.3, -0.25) is 0 Å². The zero-order chi connectivity index (χ0) is 14.8. The van der Waals surface area contributed by atoms with Crippen LogP contribution in [-0.4, -0.2) is 21.1 Å². The Morgan fingerprint density at radius 3 is 2.70 bits per heavy atom. The highest BCUT2D eigenvalue weighted by Crippen LogP contribution is 2.23. The molecular weight excluding hydrogens is 254 g/mol. The van der Waals surface area contributed by atoms with E-state index < -0.39 is 0 Å². The summed E-state index contributed by atoms with van der Waals surface area (Å²) in [6.07, 6.45) is 5.47. The Kier molecular flexibility index (Phi) is 4.28. The van der Waals surface area contributed by atoms with Crippen LogP contribution in [0.1, 0.15) is 58.2 Å². The second-order valence-electron chi connectivity index (χ2n) is 5.88. The van der Waals surface area contributed by atoms with Crippen molar-refractivity contribution in [2.75, 3.05) is 6.61 Å². The molecule has 0 aliphatic rings. The van der Waals surface area contributed by atoms with E-state index in [1.165, 1.54) is 0 Å². The minimum absolute atomic E-state index is 0.0262. The molecule has 0 fully saturated rings. The lowest BCUT2D eigenvalue weighted by Gasteiger charge is -2.14. The summed E-state index contributed by atoms with van der Waals surface area (Å²) in [6.45, 7) is 11.5. The van der Waals surface area contributed by atoms with E-state index in [2.05, 4.69) is 30.7 Å². The average Bonchev–Trinajstić information content (AvgIpc) is 2.98. The molecule has 0 aliphatic carbocycles. The highest BCUT2D eigenvalue weighted by atomic mass is 16.5. The maximum atomic E-state index is 5.82. The van der Waals surface area contributed by atoms with Crippen molar-refractivity contribution in [3.63, 3.8) is 0 Å². The van der Waals surface area contributed by atoms with Crippen molar-refractivity contribution in [1.82, 2.24) is 14.5 Å². The van der Waals surface area contributed by atoms with Crippen LogP contribution in [-0.2, 0) is 16.7 Å². The average molecular weight is 277 g/mol. The summed E-state index contributed by atoms with van der Waals surface area (Å²) in [5, 5.41) is 0. The van der Waals surface area contributed by atoms with E-state index in [4.69, 9.17) is 9.15 Å². The van der Waals surface area contributed by atoms with Gasteiger partial charge in [0.2, 0.25) is 5.89 Å². The van der Waals surface area contributed by atoms with Crippen molar-refractivity contribution >= 4 is 0 Å². The predicted molar refractivity (Wildman–Crippen MR) is 76.6 cm³/mol. The fraction of sp³-hybridized carbons (Fsp3) is 0.600. The highest BCUT2D eigenvalue weighted by molar-refractivity contribution is 5.07. The minimum atomic E-state index is -0.0351. The van der Waals surface area contributed by atoms with Gasteiger partial charge in [0.1, 0.15) is 24.2 Å². The first-order valence-corrected chi connectivity index (χ1v) is 6.99. The third-order valence-electron chi connectivity index (χ3n) is 3.13. The summed E-state index contributed by atoms with van der Waals surface area (Å²) in [7, 11) is 0. The van der Waals surface area contributed by atoms with Gasteiger partial charge in [0.15, 0.2) is 0 Å². The van der Waals surface area contributed by atoms with Crippen LogP contribution in [0.4, 0.5) is 0 Å². The first-order valence-electron chi connectivity index (χ1n) is 6.99. The number of ether oxygens (including phenoxy) is 1. The summed E-state index contributed by atoms with van der Waals surface area (Å²) < 4.78 is 13.4. The Morgan fingerprint density at radius 2 is 2.10 bits per heavy atom. The number of oxazole rings is 1. The van der Waals surface area contributed by atoms with E-state index in [9.17, 15) is 0 Å². The topological polar surface area (TPSA) is 53.1 Å². The molecule has 0 spiro atoms. The molecule has 1 unspecified atom stereocenters. The molecule has 0 aliphatic heterocycles. The number of aromatic nitrogens is 3. The van der Waals surface area contributed by atoms with Crippen molar-refractivity contribution in [3.8, 4) is 0 Å². The molecule has 5 nitrogen and oxygen atoms in total. The molecule has 2 aromatic heterocycles.